The van der Waals surface area contributed by atoms with Crippen LogP contribution in [0.5, 0.6) is 5.75 Å². The number of rotatable bonds is 2. The number of hydrogen-bond acceptors (Lipinski definition) is 1. The number of aromatic hydroxyl groups is 1. The molecule has 4 heteroatoms. The number of phenolic OH excluding ortho intramolecular Hbond substituents is 1. The van der Waals surface area contributed by atoms with Crippen molar-refractivity contribution in [3.63, 3.8) is 0 Å². The summed E-state index contributed by atoms with van der Waals surface area (Å²) in [6, 6.07) is 22.7. The van der Waals surface area contributed by atoms with Crippen LogP contribution in [0.2, 0.25) is 0 Å². The maximum atomic E-state index is 10.9. The first-order valence-corrected chi connectivity index (χ1v) is 9.59. The summed E-state index contributed by atoms with van der Waals surface area (Å²) in [7, 11) is 0. The summed E-state index contributed by atoms with van der Waals surface area (Å²) >= 11 is 3.78. The number of nitrogens with zero attached hydrogens (tertiary/aromatic N) is 2. The SMILES string of the molecule is Cc1cc(-n2ccc3ccccc32)c(Br)c(-n2ccc3ccccc32)c1O. The summed E-state index contributed by atoms with van der Waals surface area (Å²) in [4.78, 5) is 0. The summed E-state index contributed by atoms with van der Waals surface area (Å²) in [5, 5.41) is 13.2. The van der Waals surface area contributed by atoms with Crippen LogP contribution in [0.1, 0.15) is 5.56 Å². The third-order valence-corrected chi connectivity index (χ3v) is 5.86. The van der Waals surface area contributed by atoms with E-state index in [1.807, 2.05) is 48.0 Å². The second kappa shape index (κ2) is 6.03. The second-order valence-electron chi connectivity index (χ2n) is 6.71. The van der Waals surface area contributed by atoms with Crippen molar-refractivity contribution in [3.8, 4) is 17.1 Å². The van der Waals surface area contributed by atoms with Crippen LogP contribution < -0.4 is 0 Å². The van der Waals surface area contributed by atoms with Gasteiger partial charge in [0.2, 0.25) is 0 Å². The van der Waals surface area contributed by atoms with Crippen molar-refractivity contribution in [2.24, 2.45) is 0 Å². The van der Waals surface area contributed by atoms with E-state index in [-0.39, 0.29) is 5.75 Å². The minimum Gasteiger partial charge on any atom is -0.505 e. The number of hydrogen-bond donors (Lipinski definition) is 1. The highest BCUT2D eigenvalue weighted by atomic mass is 79.9. The van der Waals surface area contributed by atoms with Crippen molar-refractivity contribution in [1.82, 2.24) is 9.13 Å². The fourth-order valence-corrected chi connectivity index (χ4v) is 4.40. The van der Waals surface area contributed by atoms with Gasteiger partial charge in [-0.15, -0.1) is 0 Å². The Balaban J connectivity index is 1.83. The van der Waals surface area contributed by atoms with Crippen LogP contribution in [0.25, 0.3) is 33.2 Å². The Morgan fingerprint density at radius 3 is 2.00 bits per heavy atom. The van der Waals surface area contributed by atoms with Crippen molar-refractivity contribution < 1.29 is 5.11 Å². The molecule has 0 fully saturated rings. The van der Waals surface area contributed by atoms with Gasteiger partial charge in [-0.3, -0.25) is 0 Å². The normalized spacial score (nSPS) is 11.5. The molecule has 27 heavy (non-hydrogen) atoms. The van der Waals surface area contributed by atoms with Gasteiger partial charge in [-0.2, -0.15) is 0 Å². The number of phenols is 1. The third-order valence-electron chi connectivity index (χ3n) is 5.08. The highest BCUT2D eigenvalue weighted by molar-refractivity contribution is 9.10. The van der Waals surface area contributed by atoms with E-state index in [9.17, 15) is 5.11 Å². The summed E-state index contributed by atoms with van der Waals surface area (Å²) in [6.07, 6.45) is 4.07. The van der Waals surface area contributed by atoms with E-state index in [4.69, 9.17) is 0 Å². The van der Waals surface area contributed by atoms with Gasteiger partial charge in [0, 0.05) is 12.4 Å². The molecule has 132 valence electrons. The zero-order valence-electron chi connectivity index (χ0n) is 14.7. The summed E-state index contributed by atoms with van der Waals surface area (Å²) in [5.74, 6) is 0.281. The first-order valence-electron chi connectivity index (χ1n) is 8.80. The molecule has 0 amide bonds. The van der Waals surface area contributed by atoms with Crippen LogP contribution in [0.4, 0.5) is 0 Å². The van der Waals surface area contributed by atoms with Crippen LogP contribution in [0.3, 0.4) is 0 Å². The van der Waals surface area contributed by atoms with Crippen LogP contribution >= 0.6 is 15.9 Å². The lowest BCUT2D eigenvalue weighted by molar-refractivity contribution is 0.468. The molecule has 0 aliphatic carbocycles. The van der Waals surface area contributed by atoms with Gasteiger partial charge >= 0.3 is 0 Å². The molecule has 0 atom stereocenters. The van der Waals surface area contributed by atoms with E-state index in [1.54, 1.807) is 0 Å². The van der Waals surface area contributed by atoms with E-state index < -0.39 is 0 Å². The Morgan fingerprint density at radius 1 is 0.778 bits per heavy atom. The first-order chi connectivity index (χ1) is 13.1. The van der Waals surface area contributed by atoms with Crippen molar-refractivity contribution >= 4 is 37.7 Å². The van der Waals surface area contributed by atoms with E-state index in [0.717, 1.165) is 37.8 Å². The molecule has 3 nitrogen and oxygen atoms in total. The molecule has 0 unspecified atom stereocenters. The number of para-hydroxylation sites is 2. The second-order valence-corrected chi connectivity index (χ2v) is 7.51. The highest BCUT2D eigenvalue weighted by Crippen LogP contribution is 2.40. The number of halogens is 1. The largest absolute Gasteiger partial charge is 0.505 e. The van der Waals surface area contributed by atoms with Crippen LogP contribution in [-0.2, 0) is 0 Å². The Hall–Kier alpha value is -2.98. The van der Waals surface area contributed by atoms with Gasteiger partial charge in [-0.25, -0.2) is 0 Å². The molecule has 0 bridgehead atoms. The highest BCUT2D eigenvalue weighted by Gasteiger charge is 2.19. The molecule has 3 aromatic carbocycles. The Bertz CT molecular complexity index is 1310. The number of benzene rings is 3. The molecule has 5 aromatic rings. The van der Waals surface area contributed by atoms with Crippen molar-refractivity contribution in [3.05, 3.63) is 89.2 Å². The lowest BCUT2D eigenvalue weighted by Crippen LogP contribution is -2.01. The molecule has 1 N–H and O–H groups in total. The Labute approximate surface area is 165 Å². The van der Waals surface area contributed by atoms with Gasteiger partial charge in [-0.1, -0.05) is 36.4 Å². The molecule has 0 radical (unpaired) electrons. The lowest BCUT2D eigenvalue weighted by atomic mass is 10.1. The van der Waals surface area contributed by atoms with Crippen molar-refractivity contribution in [2.45, 2.75) is 6.92 Å². The van der Waals surface area contributed by atoms with E-state index >= 15 is 0 Å². The zero-order chi connectivity index (χ0) is 18.5. The molecular weight excluding hydrogens is 400 g/mol. The smallest absolute Gasteiger partial charge is 0.143 e. The lowest BCUT2D eigenvalue weighted by Gasteiger charge is -2.17. The maximum Gasteiger partial charge on any atom is 0.143 e. The standard InChI is InChI=1S/C23H17BrN2O/c1-15-14-20(25-12-10-16-6-2-4-8-18(16)25)21(24)22(23(15)27)26-13-11-17-7-3-5-9-19(17)26/h2-14,27H,1H3. The molecule has 0 aliphatic heterocycles. The zero-order valence-corrected chi connectivity index (χ0v) is 16.3. The number of fused-ring (bicyclic) bond motifs is 2. The van der Waals surface area contributed by atoms with Gasteiger partial charge < -0.3 is 14.2 Å². The molecule has 0 spiro atoms. The van der Waals surface area contributed by atoms with Gasteiger partial charge in [0.1, 0.15) is 11.4 Å². The monoisotopic (exact) mass is 416 g/mol. The summed E-state index contributed by atoms with van der Waals surface area (Å²) in [5.41, 5.74) is 4.77. The predicted octanol–water partition coefficient (Wildman–Crippen LogP) is 6.35. The molecule has 2 aromatic heterocycles. The molecule has 0 aliphatic rings. The van der Waals surface area contributed by atoms with E-state index in [2.05, 4.69) is 63.1 Å². The molecule has 5 rings (SSSR count). The maximum absolute atomic E-state index is 10.9. The number of aromatic nitrogens is 2. The van der Waals surface area contributed by atoms with Gasteiger partial charge in [0.15, 0.2) is 0 Å². The number of aryl methyl sites for hydroxylation is 1. The van der Waals surface area contributed by atoms with Crippen LogP contribution in [-0.4, -0.2) is 14.2 Å². The third kappa shape index (κ3) is 2.41. The molecule has 0 saturated carbocycles. The van der Waals surface area contributed by atoms with E-state index in [1.165, 1.54) is 5.39 Å². The Morgan fingerprint density at radius 2 is 1.33 bits per heavy atom. The fraction of sp³-hybridized carbons (Fsp3) is 0.0435. The van der Waals surface area contributed by atoms with Crippen LogP contribution in [0.15, 0.2) is 83.6 Å². The minimum absolute atomic E-state index is 0.281. The van der Waals surface area contributed by atoms with Gasteiger partial charge in [0.05, 0.1) is 21.2 Å². The van der Waals surface area contributed by atoms with E-state index in [0.29, 0.717) is 0 Å². The average Bonchev–Trinajstić information content (AvgIpc) is 3.30. The van der Waals surface area contributed by atoms with Gasteiger partial charge in [0.25, 0.3) is 0 Å². The average molecular weight is 417 g/mol. The molecular formula is C23H17BrN2O. The Kier molecular flexibility index (Phi) is 3.62. The quantitative estimate of drug-likeness (QED) is 0.356. The first kappa shape index (κ1) is 16.2. The summed E-state index contributed by atoms with van der Waals surface area (Å²) < 4.78 is 5.05. The summed E-state index contributed by atoms with van der Waals surface area (Å²) in [6.45, 7) is 1.94. The van der Waals surface area contributed by atoms with Crippen LogP contribution in [0, 0.1) is 6.92 Å². The molecule has 0 saturated heterocycles. The van der Waals surface area contributed by atoms with Gasteiger partial charge in [-0.05, 0) is 69.5 Å². The minimum atomic E-state index is 0.281. The van der Waals surface area contributed by atoms with Crippen molar-refractivity contribution in [2.75, 3.05) is 0 Å². The topological polar surface area (TPSA) is 30.1 Å². The predicted molar refractivity (Wildman–Crippen MR) is 114 cm³/mol. The fourth-order valence-electron chi connectivity index (χ4n) is 3.71. The molecule has 2 heterocycles. The van der Waals surface area contributed by atoms with Crippen molar-refractivity contribution in [1.29, 1.82) is 0 Å².